The molecule has 0 fully saturated rings. The monoisotopic (exact) mass is 205 g/mol. The van der Waals surface area contributed by atoms with Gasteiger partial charge in [0.05, 0.1) is 19.6 Å². The van der Waals surface area contributed by atoms with E-state index in [4.69, 9.17) is 9.47 Å². The Morgan fingerprint density at radius 2 is 1.73 bits per heavy atom. The molecule has 2 rings (SSSR count). The van der Waals surface area contributed by atoms with Crippen LogP contribution in [0.25, 0.3) is 10.9 Å². The Labute approximate surface area is 87.2 Å². The summed E-state index contributed by atoms with van der Waals surface area (Å²) in [5.74, 6) is 1.25. The van der Waals surface area contributed by atoms with E-state index in [1.807, 2.05) is 0 Å². The first-order valence-electron chi connectivity index (χ1n) is 4.49. The van der Waals surface area contributed by atoms with Crippen molar-refractivity contribution in [2.24, 2.45) is 0 Å². The van der Waals surface area contributed by atoms with Crippen molar-refractivity contribution in [3.8, 4) is 11.5 Å². The van der Waals surface area contributed by atoms with Gasteiger partial charge in [-0.25, -0.2) is 0 Å². The number of methoxy groups -OCH3 is 2. The smallest absolute Gasteiger partial charge is 0.224 e. The van der Waals surface area contributed by atoms with Crippen LogP contribution in [0.1, 0.15) is 0 Å². The Morgan fingerprint density at radius 3 is 2.40 bits per heavy atom. The average Bonchev–Trinajstić information content (AvgIpc) is 2.28. The highest BCUT2D eigenvalue weighted by Gasteiger charge is 2.07. The number of rotatable bonds is 2. The van der Waals surface area contributed by atoms with Crippen molar-refractivity contribution in [3.63, 3.8) is 0 Å². The number of hydrogen-bond donors (Lipinski definition) is 0. The fraction of sp³-hybridized carbons (Fsp3) is 0.182. The van der Waals surface area contributed by atoms with E-state index in [2.05, 4.69) is 0 Å². The van der Waals surface area contributed by atoms with Gasteiger partial charge in [-0.05, 0) is 12.1 Å². The van der Waals surface area contributed by atoms with Crippen LogP contribution >= 0.6 is 0 Å². The minimum absolute atomic E-state index is 0.533. The maximum atomic E-state index is 11.6. The lowest BCUT2D eigenvalue weighted by Crippen LogP contribution is -2.26. The van der Waals surface area contributed by atoms with Gasteiger partial charge >= 0.3 is 0 Å². The number of nitrogens with zero attached hydrogens (tertiary/aromatic N) is 1. The fourth-order valence-corrected chi connectivity index (χ4v) is 1.46. The maximum absolute atomic E-state index is 11.6. The largest absolute Gasteiger partial charge is 0.618 e. The van der Waals surface area contributed by atoms with Gasteiger partial charge in [0.2, 0.25) is 11.7 Å². The van der Waals surface area contributed by atoms with Crippen molar-refractivity contribution < 1.29 is 14.2 Å². The summed E-state index contributed by atoms with van der Waals surface area (Å²) in [6, 6.07) is 7.07. The molecule has 1 aromatic carbocycles. The molecule has 0 amide bonds. The Balaban J connectivity index is 2.69. The topological polar surface area (TPSA) is 45.4 Å². The molecule has 15 heavy (non-hydrogen) atoms. The third kappa shape index (κ3) is 1.66. The first-order chi connectivity index (χ1) is 7.24. The molecule has 2 aromatic rings. The van der Waals surface area contributed by atoms with Crippen LogP contribution in [-0.4, -0.2) is 14.2 Å². The first-order valence-corrected chi connectivity index (χ1v) is 4.49. The van der Waals surface area contributed by atoms with Crippen molar-refractivity contribution in [3.05, 3.63) is 35.7 Å². The number of benzene rings is 1. The molecule has 0 aliphatic heterocycles. The van der Waals surface area contributed by atoms with Gasteiger partial charge in [0.1, 0.15) is 5.75 Å². The normalized spacial score (nSPS) is 10.3. The van der Waals surface area contributed by atoms with Crippen molar-refractivity contribution in [1.29, 1.82) is 0 Å². The van der Waals surface area contributed by atoms with Crippen LogP contribution in [0.5, 0.6) is 11.5 Å². The molecule has 0 spiro atoms. The molecule has 0 bridgehead atoms. The highest BCUT2D eigenvalue weighted by atomic mass is 16.5. The SMILES string of the molecule is COc1ccc2c(c1)cc(OC)c[n+]2[O-]. The molecule has 4 nitrogen and oxygen atoms in total. The van der Waals surface area contributed by atoms with E-state index in [0.29, 0.717) is 11.3 Å². The van der Waals surface area contributed by atoms with Crippen molar-refractivity contribution in [2.75, 3.05) is 14.2 Å². The summed E-state index contributed by atoms with van der Waals surface area (Å²) >= 11 is 0. The number of pyridine rings is 1. The third-order valence-electron chi connectivity index (χ3n) is 2.25. The van der Waals surface area contributed by atoms with E-state index in [9.17, 15) is 5.21 Å². The standard InChI is InChI=1S/C11H11NO3/c1-14-9-3-4-11-8(5-9)6-10(15-2)7-12(11)13/h3-7H,1-2H3. The molecule has 1 heterocycles. The summed E-state index contributed by atoms with van der Waals surface area (Å²) in [7, 11) is 3.12. The zero-order valence-electron chi connectivity index (χ0n) is 8.56. The van der Waals surface area contributed by atoms with E-state index >= 15 is 0 Å². The van der Waals surface area contributed by atoms with E-state index < -0.39 is 0 Å². The number of hydrogen-bond acceptors (Lipinski definition) is 3. The molecule has 0 aliphatic rings. The Morgan fingerprint density at radius 1 is 1.07 bits per heavy atom. The van der Waals surface area contributed by atoms with Crippen LogP contribution < -0.4 is 14.2 Å². The van der Waals surface area contributed by atoms with Gasteiger partial charge in [-0.3, -0.25) is 0 Å². The number of ether oxygens (including phenoxy) is 2. The third-order valence-corrected chi connectivity index (χ3v) is 2.25. The number of fused-ring (bicyclic) bond motifs is 1. The molecular formula is C11H11NO3. The van der Waals surface area contributed by atoms with Gasteiger partial charge < -0.3 is 14.7 Å². The van der Waals surface area contributed by atoms with Crippen LogP contribution in [-0.2, 0) is 0 Å². The Hall–Kier alpha value is -1.97. The zero-order valence-corrected chi connectivity index (χ0v) is 8.56. The predicted molar refractivity (Wildman–Crippen MR) is 56.0 cm³/mol. The van der Waals surface area contributed by atoms with E-state index in [1.54, 1.807) is 31.4 Å². The lowest BCUT2D eigenvalue weighted by Gasteiger charge is -2.05. The van der Waals surface area contributed by atoms with Crippen molar-refractivity contribution in [1.82, 2.24) is 0 Å². The second-order valence-corrected chi connectivity index (χ2v) is 3.13. The van der Waals surface area contributed by atoms with Gasteiger partial charge in [-0.15, -0.1) is 0 Å². The second kappa shape index (κ2) is 3.65. The Bertz CT molecular complexity index is 491. The predicted octanol–water partition coefficient (Wildman–Crippen LogP) is 1.49. The van der Waals surface area contributed by atoms with Crippen LogP contribution in [0, 0.1) is 5.21 Å². The molecule has 78 valence electrons. The fourth-order valence-electron chi connectivity index (χ4n) is 1.46. The van der Waals surface area contributed by atoms with Gasteiger partial charge in [0, 0.05) is 12.1 Å². The van der Waals surface area contributed by atoms with Crippen LogP contribution in [0.3, 0.4) is 0 Å². The lowest BCUT2D eigenvalue weighted by atomic mass is 10.2. The molecule has 0 saturated heterocycles. The molecule has 4 heteroatoms. The summed E-state index contributed by atoms with van der Waals surface area (Å²) in [5, 5.41) is 12.3. The molecule has 0 N–H and O–H groups in total. The summed E-state index contributed by atoms with van der Waals surface area (Å²) < 4.78 is 10.9. The van der Waals surface area contributed by atoms with Crippen molar-refractivity contribution >= 4 is 10.9 Å². The highest BCUT2D eigenvalue weighted by molar-refractivity contribution is 5.78. The first kappa shape index (κ1) is 9.58. The second-order valence-electron chi connectivity index (χ2n) is 3.13. The Kier molecular flexibility index (Phi) is 2.33. The summed E-state index contributed by atoms with van der Waals surface area (Å²) in [6.07, 6.45) is 1.40. The molecule has 0 saturated carbocycles. The molecular weight excluding hydrogens is 194 g/mol. The van der Waals surface area contributed by atoms with Crippen molar-refractivity contribution in [2.45, 2.75) is 0 Å². The van der Waals surface area contributed by atoms with Gasteiger partial charge in [-0.2, -0.15) is 4.73 Å². The van der Waals surface area contributed by atoms with Gasteiger partial charge in [0.25, 0.3) is 0 Å². The van der Waals surface area contributed by atoms with Crippen LogP contribution in [0.2, 0.25) is 0 Å². The minimum Gasteiger partial charge on any atom is -0.618 e. The zero-order chi connectivity index (χ0) is 10.8. The van der Waals surface area contributed by atoms with E-state index in [1.165, 1.54) is 13.3 Å². The molecule has 0 unspecified atom stereocenters. The molecule has 0 radical (unpaired) electrons. The quantitative estimate of drug-likeness (QED) is 0.551. The average molecular weight is 205 g/mol. The number of aromatic nitrogens is 1. The molecule has 1 aromatic heterocycles. The molecule has 0 atom stereocenters. The summed E-state index contributed by atoms with van der Waals surface area (Å²) in [4.78, 5) is 0. The lowest BCUT2D eigenvalue weighted by molar-refractivity contribution is -0.577. The highest BCUT2D eigenvalue weighted by Crippen LogP contribution is 2.21. The van der Waals surface area contributed by atoms with Crippen LogP contribution in [0.4, 0.5) is 0 Å². The summed E-state index contributed by atoms with van der Waals surface area (Å²) in [5.41, 5.74) is 0.594. The van der Waals surface area contributed by atoms with Gasteiger partial charge in [0.15, 0.2) is 5.75 Å². The molecule has 0 aliphatic carbocycles. The minimum atomic E-state index is 0.533. The van der Waals surface area contributed by atoms with Gasteiger partial charge in [-0.1, -0.05) is 0 Å². The maximum Gasteiger partial charge on any atom is 0.224 e. The van der Waals surface area contributed by atoms with E-state index in [-0.39, 0.29) is 0 Å². The summed E-state index contributed by atoms with van der Waals surface area (Å²) in [6.45, 7) is 0. The van der Waals surface area contributed by atoms with E-state index in [0.717, 1.165) is 15.9 Å². The van der Waals surface area contributed by atoms with Crippen LogP contribution in [0.15, 0.2) is 30.5 Å².